The molecule has 1 aliphatic rings. The number of fused-ring (bicyclic) bond motifs is 1. The molecule has 1 saturated carbocycles. The predicted molar refractivity (Wildman–Crippen MR) is 149 cm³/mol. The maximum Gasteiger partial charge on any atom is 0.341 e. The Balaban J connectivity index is 1.50. The quantitative estimate of drug-likeness (QED) is 0.315. The second-order valence-corrected chi connectivity index (χ2v) is 10.3. The SMILES string of the molecule is COCC(COC)N(c1nn(-c2ccc(-c3cc4ncccn4n3)cc2)cc1C(=O)O)C(=O)[C@H]1CC[C@H](C)CC1. The zero-order chi connectivity index (χ0) is 28.2. The molecule has 0 bridgehead atoms. The average Bonchev–Trinajstić information content (AvgIpc) is 3.59. The van der Waals surface area contributed by atoms with Crippen LogP contribution in [0.5, 0.6) is 0 Å². The van der Waals surface area contributed by atoms with E-state index in [-0.39, 0.29) is 36.4 Å². The van der Waals surface area contributed by atoms with Crippen LogP contribution in [-0.2, 0) is 14.3 Å². The lowest BCUT2D eigenvalue weighted by Crippen LogP contribution is -2.49. The number of aromatic carboxylic acids is 1. The fourth-order valence-corrected chi connectivity index (χ4v) is 5.32. The molecule has 0 unspecified atom stereocenters. The van der Waals surface area contributed by atoms with Gasteiger partial charge in [-0.1, -0.05) is 19.1 Å². The van der Waals surface area contributed by atoms with Gasteiger partial charge in [0, 0.05) is 50.4 Å². The molecule has 210 valence electrons. The molecule has 0 saturated heterocycles. The van der Waals surface area contributed by atoms with Gasteiger partial charge in [0.1, 0.15) is 5.56 Å². The molecule has 1 fully saturated rings. The van der Waals surface area contributed by atoms with Gasteiger partial charge in [0.15, 0.2) is 11.5 Å². The fraction of sp³-hybridized carbons (Fsp3) is 0.414. The molecule has 1 aromatic carbocycles. The number of carbonyl (C=O) groups is 2. The van der Waals surface area contributed by atoms with Crippen LogP contribution in [-0.4, -0.2) is 74.8 Å². The summed E-state index contributed by atoms with van der Waals surface area (Å²) >= 11 is 0. The van der Waals surface area contributed by atoms with Crippen LogP contribution < -0.4 is 4.90 Å². The summed E-state index contributed by atoms with van der Waals surface area (Å²) in [6, 6.07) is 10.6. The van der Waals surface area contributed by atoms with Crippen molar-refractivity contribution < 1.29 is 24.2 Å². The van der Waals surface area contributed by atoms with Crippen LogP contribution in [0.4, 0.5) is 5.82 Å². The number of amides is 1. The Kier molecular flexibility index (Phi) is 8.22. The van der Waals surface area contributed by atoms with Crippen LogP contribution in [0, 0.1) is 11.8 Å². The summed E-state index contributed by atoms with van der Waals surface area (Å²) in [7, 11) is 3.09. The normalized spacial score (nSPS) is 17.4. The van der Waals surface area contributed by atoms with E-state index in [2.05, 4.69) is 22.1 Å². The summed E-state index contributed by atoms with van der Waals surface area (Å²) in [5.41, 5.74) is 2.96. The fourth-order valence-electron chi connectivity index (χ4n) is 5.32. The van der Waals surface area contributed by atoms with Gasteiger partial charge in [0.25, 0.3) is 0 Å². The number of carbonyl (C=O) groups excluding carboxylic acids is 1. The highest BCUT2D eigenvalue weighted by Gasteiger charge is 2.37. The van der Waals surface area contributed by atoms with Crippen molar-refractivity contribution in [1.82, 2.24) is 24.4 Å². The monoisotopic (exact) mass is 546 g/mol. The molecule has 0 aliphatic heterocycles. The van der Waals surface area contributed by atoms with Crippen molar-refractivity contribution >= 4 is 23.3 Å². The molecule has 5 rings (SSSR count). The molecule has 40 heavy (non-hydrogen) atoms. The van der Waals surface area contributed by atoms with Crippen molar-refractivity contribution in [2.45, 2.75) is 38.6 Å². The van der Waals surface area contributed by atoms with E-state index in [1.54, 1.807) is 24.9 Å². The van der Waals surface area contributed by atoms with Crippen LogP contribution >= 0.6 is 0 Å². The van der Waals surface area contributed by atoms with Crippen molar-refractivity contribution in [2.24, 2.45) is 11.8 Å². The van der Waals surface area contributed by atoms with E-state index in [0.29, 0.717) is 11.6 Å². The molecule has 0 spiro atoms. The zero-order valence-corrected chi connectivity index (χ0v) is 22.9. The van der Waals surface area contributed by atoms with Crippen LogP contribution in [0.25, 0.3) is 22.6 Å². The van der Waals surface area contributed by atoms with E-state index in [0.717, 1.165) is 42.6 Å². The number of rotatable bonds is 10. The second-order valence-electron chi connectivity index (χ2n) is 10.3. The van der Waals surface area contributed by atoms with Crippen molar-refractivity contribution in [1.29, 1.82) is 0 Å². The third-order valence-electron chi connectivity index (χ3n) is 7.50. The van der Waals surface area contributed by atoms with Gasteiger partial charge in [-0.2, -0.15) is 5.10 Å². The Labute approximate surface area is 232 Å². The number of hydrogen-bond acceptors (Lipinski definition) is 7. The van der Waals surface area contributed by atoms with Gasteiger partial charge in [-0.05, 0) is 49.8 Å². The number of hydrogen-bond donors (Lipinski definition) is 1. The maximum atomic E-state index is 14.0. The summed E-state index contributed by atoms with van der Waals surface area (Å²) in [6.45, 7) is 2.55. The van der Waals surface area contributed by atoms with Crippen LogP contribution in [0.15, 0.2) is 55.0 Å². The number of carboxylic acid groups (broad SMARTS) is 1. The Bertz CT molecular complexity index is 1430. The summed E-state index contributed by atoms with van der Waals surface area (Å²) in [6.07, 6.45) is 8.42. The number of methoxy groups -OCH3 is 2. The van der Waals surface area contributed by atoms with Gasteiger partial charge in [-0.15, -0.1) is 5.10 Å². The van der Waals surface area contributed by atoms with Gasteiger partial charge in [0.05, 0.1) is 30.6 Å². The van der Waals surface area contributed by atoms with E-state index in [1.807, 2.05) is 42.6 Å². The van der Waals surface area contributed by atoms with Gasteiger partial charge in [-0.25, -0.2) is 19.0 Å². The van der Waals surface area contributed by atoms with E-state index < -0.39 is 12.0 Å². The topological polar surface area (TPSA) is 124 Å². The Morgan fingerprint density at radius 3 is 2.40 bits per heavy atom. The smallest absolute Gasteiger partial charge is 0.341 e. The minimum Gasteiger partial charge on any atom is -0.477 e. The standard InChI is InChI=1S/C29H34N6O5/c1-19-5-7-21(8-6-19)28(36)35(23(17-39-2)18-40-3)27-24(29(37)38)16-34(32-27)22-11-9-20(10-12-22)25-15-26-30-13-4-14-33(26)31-25/h4,9-16,19,21,23H,5-8,17-18H2,1-3H3,(H,37,38)/t19-,21-. The number of carboxylic acids is 1. The minimum atomic E-state index is -1.17. The van der Waals surface area contributed by atoms with Crippen LogP contribution in [0.1, 0.15) is 43.0 Å². The summed E-state index contributed by atoms with van der Waals surface area (Å²) < 4.78 is 14.0. The number of aromatic nitrogens is 5. The first-order valence-electron chi connectivity index (χ1n) is 13.4. The zero-order valence-electron chi connectivity index (χ0n) is 22.9. The third-order valence-corrected chi connectivity index (χ3v) is 7.50. The highest BCUT2D eigenvalue weighted by Crippen LogP contribution is 2.33. The first-order valence-corrected chi connectivity index (χ1v) is 13.4. The minimum absolute atomic E-state index is 0.0646. The number of benzene rings is 1. The van der Waals surface area contributed by atoms with E-state index >= 15 is 0 Å². The highest BCUT2D eigenvalue weighted by molar-refractivity contribution is 6.02. The lowest BCUT2D eigenvalue weighted by Gasteiger charge is -2.34. The molecule has 1 amide bonds. The molecule has 0 atom stereocenters. The molecule has 4 aromatic rings. The average molecular weight is 547 g/mol. The lowest BCUT2D eigenvalue weighted by molar-refractivity contribution is -0.124. The molecule has 11 nitrogen and oxygen atoms in total. The van der Waals surface area contributed by atoms with Gasteiger partial charge in [0.2, 0.25) is 5.91 Å². The first kappa shape index (κ1) is 27.5. The number of anilines is 1. The first-order chi connectivity index (χ1) is 19.4. The Morgan fingerprint density at radius 2 is 1.77 bits per heavy atom. The second kappa shape index (κ2) is 12.0. The molecule has 0 radical (unpaired) electrons. The van der Waals surface area contributed by atoms with Crippen molar-refractivity contribution in [3.05, 3.63) is 60.6 Å². The van der Waals surface area contributed by atoms with Gasteiger partial charge >= 0.3 is 5.97 Å². The molecule has 1 N–H and O–H groups in total. The third kappa shape index (κ3) is 5.61. The highest BCUT2D eigenvalue weighted by atomic mass is 16.5. The lowest BCUT2D eigenvalue weighted by atomic mass is 9.82. The van der Waals surface area contributed by atoms with Crippen molar-refractivity contribution in [3.8, 4) is 16.9 Å². The van der Waals surface area contributed by atoms with Crippen molar-refractivity contribution in [2.75, 3.05) is 32.3 Å². The summed E-state index contributed by atoms with van der Waals surface area (Å²) in [5.74, 6) is -0.864. The van der Waals surface area contributed by atoms with Crippen LogP contribution in [0.3, 0.4) is 0 Å². The van der Waals surface area contributed by atoms with E-state index in [1.165, 1.54) is 15.8 Å². The van der Waals surface area contributed by atoms with Gasteiger partial charge < -0.3 is 14.6 Å². The van der Waals surface area contributed by atoms with Gasteiger partial charge in [-0.3, -0.25) is 9.69 Å². The van der Waals surface area contributed by atoms with Crippen molar-refractivity contribution in [3.63, 3.8) is 0 Å². The Morgan fingerprint density at radius 1 is 1.07 bits per heavy atom. The number of ether oxygens (including phenoxy) is 2. The van der Waals surface area contributed by atoms with Crippen LogP contribution in [0.2, 0.25) is 0 Å². The molecule has 1 aliphatic carbocycles. The predicted octanol–water partition coefficient (Wildman–Crippen LogP) is 4.10. The largest absolute Gasteiger partial charge is 0.477 e. The van der Waals surface area contributed by atoms with E-state index in [4.69, 9.17) is 9.47 Å². The van der Waals surface area contributed by atoms with E-state index in [9.17, 15) is 14.7 Å². The molecule has 3 aromatic heterocycles. The number of nitrogens with zero attached hydrogens (tertiary/aromatic N) is 6. The maximum absolute atomic E-state index is 14.0. The summed E-state index contributed by atoms with van der Waals surface area (Å²) in [4.78, 5) is 32.2. The molecule has 11 heteroatoms. The molecule has 3 heterocycles. The Hall–Kier alpha value is -4.09. The molecular weight excluding hydrogens is 512 g/mol. The molecular formula is C29H34N6O5. The summed E-state index contributed by atoms with van der Waals surface area (Å²) in [5, 5.41) is 19.3.